The second kappa shape index (κ2) is 9.19. The molecule has 2 heterocycles. The Balaban J connectivity index is 1.71. The molecule has 0 spiro atoms. The second-order valence-corrected chi connectivity index (χ2v) is 7.47. The van der Waals surface area contributed by atoms with Crippen LogP contribution in [0.4, 0.5) is 15.5 Å². The molecular weight excluding hydrogens is 408 g/mol. The normalized spacial score (nSPS) is 12.9. The molecular formula is C20H18N4O5S. The van der Waals surface area contributed by atoms with Crippen LogP contribution < -0.4 is 5.32 Å². The van der Waals surface area contributed by atoms with E-state index in [4.69, 9.17) is 4.74 Å². The third-order valence-corrected chi connectivity index (χ3v) is 5.59. The fraction of sp³-hybridized carbons (Fsp3) is 0.250. The minimum atomic E-state index is -0.495. The highest BCUT2D eigenvalue weighted by molar-refractivity contribution is 7.16. The number of nitriles is 1. The smallest absolute Gasteiger partial charge is 0.410 e. The van der Waals surface area contributed by atoms with Crippen molar-refractivity contribution < 1.29 is 19.2 Å². The molecule has 0 aliphatic carbocycles. The number of hydrogen-bond acceptors (Lipinski definition) is 7. The molecule has 0 unspecified atom stereocenters. The van der Waals surface area contributed by atoms with Crippen LogP contribution in [0.25, 0.3) is 6.08 Å². The molecule has 1 aliphatic rings. The number of anilines is 1. The van der Waals surface area contributed by atoms with Crippen LogP contribution in [-0.4, -0.2) is 35.0 Å². The van der Waals surface area contributed by atoms with Crippen LogP contribution in [0.2, 0.25) is 0 Å². The SMILES string of the molecule is CCOC(=O)N1CCc2c(sc(NC(=O)/C=C/c3ccc([N+](=O)[O-])cc3)c2C#N)C1. The number of carbonyl (C=O) groups excluding carboxylic acids is 2. The van der Waals surface area contributed by atoms with Gasteiger partial charge in [-0.2, -0.15) is 5.26 Å². The molecule has 2 aromatic rings. The van der Waals surface area contributed by atoms with E-state index in [2.05, 4.69) is 11.4 Å². The van der Waals surface area contributed by atoms with Gasteiger partial charge in [0.1, 0.15) is 11.1 Å². The first-order chi connectivity index (χ1) is 14.4. The molecule has 0 bridgehead atoms. The van der Waals surface area contributed by atoms with E-state index in [1.807, 2.05) is 0 Å². The summed E-state index contributed by atoms with van der Waals surface area (Å²) in [6, 6.07) is 7.93. The van der Waals surface area contributed by atoms with Crippen LogP contribution in [-0.2, 0) is 22.5 Å². The monoisotopic (exact) mass is 426 g/mol. The zero-order valence-electron chi connectivity index (χ0n) is 16.1. The van der Waals surface area contributed by atoms with Gasteiger partial charge in [-0.05, 0) is 42.7 Å². The van der Waals surface area contributed by atoms with E-state index in [9.17, 15) is 25.0 Å². The van der Waals surface area contributed by atoms with Gasteiger partial charge in [0.25, 0.3) is 5.69 Å². The van der Waals surface area contributed by atoms with E-state index in [0.717, 1.165) is 10.4 Å². The number of nitrogens with zero attached hydrogens (tertiary/aromatic N) is 3. The zero-order chi connectivity index (χ0) is 21.7. The fourth-order valence-corrected chi connectivity index (χ4v) is 4.23. The maximum Gasteiger partial charge on any atom is 0.410 e. The molecule has 0 fully saturated rings. The van der Waals surface area contributed by atoms with Crippen molar-refractivity contribution in [2.75, 3.05) is 18.5 Å². The summed E-state index contributed by atoms with van der Waals surface area (Å²) in [5.41, 5.74) is 1.86. The lowest BCUT2D eigenvalue weighted by molar-refractivity contribution is -0.384. The predicted molar refractivity (Wildman–Crippen MR) is 111 cm³/mol. The van der Waals surface area contributed by atoms with Crippen molar-refractivity contribution in [2.24, 2.45) is 0 Å². The van der Waals surface area contributed by atoms with Gasteiger partial charge in [-0.15, -0.1) is 11.3 Å². The van der Waals surface area contributed by atoms with Crippen LogP contribution >= 0.6 is 11.3 Å². The van der Waals surface area contributed by atoms with E-state index >= 15 is 0 Å². The van der Waals surface area contributed by atoms with Gasteiger partial charge in [-0.3, -0.25) is 14.9 Å². The summed E-state index contributed by atoms with van der Waals surface area (Å²) in [6.45, 7) is 2.81. The molecule has 3 rings (SSSR count). The Hall–Kier alpha value is -3.71. The largest absolute Gasteiger partial charge is 0.450 e. The van der Waals surface area contributed by atoms with Crippen LogP contribution in [0.5, 0.6) is 0 Å². The Kier molecular flexibility index (Phi) is 6.44. The van der Waals surface area contributed by atoms with E-state index in [0.29, 0.717) is 42.2 Å². The molecule has 9 nitrogen and oxygen atoms in total. The lowest BCUT2D eigenvalue weighted by atomic mass is 10.0. The molecule has 0 atom stereocenters. The molecule has 30 heavy (non-hydrogen) atoms. The number of hydrogen-bond donors (Lipinski definition) is 1. The number of fused-ring (bicyclic) bond motifs is 1. The first-order valence-electron chi connectivity index (χ1n) is 9.12. The molecule has 1 aromatic heterocycles. The molecule has 0 saturated heterocycles. The molecule has 0 radical (unpaired) electrons. The van der Waals surface area contributed by atoms with Crippen LogP contribution in [0.3, 0.4) is 0 Å². The number of nitro benzene ring substituents is 1. The number of rotatable bonds is 5. The molecule has 10 heteroatoms. The highest BCUT2D eigenvalue weighted by atomic mass is 32.1. The van der Waals surface area contributed by atoms with Gasteiger partial charge in [0, 0.05) is 29.6 Å². The Morgan fingerprint density at radius 3 is 2.77 bits per heavy atom. The van der Waals surface area contributed by atoms with Crippen molar-refractivity contribution in [1.82, 2.24) is 4.90 Å². The number of nitrogens with one attached hydrogen (secondary N) is 1. The second-order valence-electron chi connectivity index (χ2n) is 6.36. The Morgan fingerprint density at radius 1 is 1.40 bits per heavy atom. The molecule has 154 valence electrons. The average molecular weight is 426 g/mol. The number of ether oxygens (including phenoxy) is 1. The van der Waals surface area contributed by atoms with Gasteiger partial charge in [0.05, 0.1) is 23.6 Å². The lowest BCUT2D eigenvalue weighted by Gasteiger charge is -2.25. The first kappa shape index (κ1) is 21.0. The number of non-ortho nitro benzene ring substituents is 1. The maximum atomic E-state index is 12.3. The molecule has 0 saturated carbocycles. The Labute approximate surface area is 176 Å². The first-order valence-corrected chi connectivity index (χ1v) is 9.94. The summed E-state index contributed by atoms with van der Waals surface area (Å²) in [7, 11) is 0. The highest BCUT2D eigenvalue weighted by Crippen LogP contribution is 2.36. The summed E-state index contributed by atoms with van der Waals surface area (Å²) >= 11 is 1.27. The summed E-state index contributed by atoms with van der Waals surface area (Å²) < 4.78 is 5.03. The van der Waals surface area contributed by atoms with E-state index in [1.54, 1.807) is 11.8 Å². The van der Waals surface area contributed by atoms with Gasteiger partial charge in [0.15, 0.2) is 0 Å². The molecule has 1 N–H and O–H groups in total. The third kappa shape index (κ3) is 4.64. The van der Waals surface area contributed by atoms with Gasteiger partial charge >= 0.3 is 6.09 Å². The summed E-state index contributed by atoms with van der Waals surface area (Å²) in [4.78, 5) is 36.9. The number of thiophene rings is 1. The third-order valence-electron chi connectivity index (χ3n) is 4.46. The van der Waals surface area contributed by atoms with Crippen molar-refractivity contribution in [3.05, 3.63) is 62.0 Å². The van der Waals surface area contributed by atoms with E-state index < -0.39 is 16.9 Å². The van der Waals surface area contributed by atoms with E-state index in [1.165, 1.54) is 47.8 Å². The standard InChI is InChI=1S/C20H18N4O5S/c1-2-29-20(26)23-10-9-15-16(11-21)19(30-17(15)12-23)22-18(25)8-5-13-3-6-14(7-4-13)24(27)28/h3-8H,2,9-10,12H2,1H3,(H,22,25)/b8-5+. The number of carbonyl (C=O) groups is 2. The van der Waals surface area contributed by atoms with Gasteiger partial charge in [-0.25, -0.2) is 4.79 Å². The van der Waals surface area contributed by atoms with Crippen molar-refractivity contribution in [1.29, 1.82) is 5.26 Å². The topological polar surface area (TPSA) is 126 Å². The number of nitro groups is 1. The van der Waals surface area contributed by atoms with Gasteiger partial charge < -0.3 is 15.0 Å². The summed E-state index contributed by atoms with van der Waals surface area (Å²) in [5, 5.41) is 23.4. The minimum Gasteiger partial charge on any atom is -0.450 e. The fourth-order valence-electron chi connectivity index (χ4n) is 3.01. The van der Waals surface area contributed by atoms with Gasteiger partial charge in [0.2, 0.25) is 5.91 Å². The summed E-state index contributed by atoms with van der Waals surface area (Å²) in [5.74, 6) is -0.425. The van der Waals surface area contributed by atoms with Crippen molar-refractivity contribution in [3.63, 3.8) is 0 Å². The quantitative estimate of drug-likeness (QED) is 0.441. The van der Waals surface area contributed by atoms with Crippen LogP contribution in [0.1, 0.15) is 28.5 Å². The van der Waals surface area contributed by atoms with Crippen molar-refractivity contribution >= 4 is 40.1 Å². The number of amides is 2. The maximum absolute atomic E-state index is 12.3. The Bertz CT molecular complexity index is 1050. The minimum absolute atomic E-state index is 0.0312. The predicted octanol–water partition coefficient (Wildman–Crippen LogP) is 3.69. The van der Waals surface area contributed by atoms with Crippen LogP contribution in [0.15, 0.2) is 30.3 Å². The molecule has 1 aliphatic heterocycles. The number of benzene rings is 1. The van der Waals surface area contributed by atoms with E-state index in [-0.39, 0.29) is 5.69 Å². The zero-order valence-corrected chi connectivity index (χ0v) is 16.9. The van der Waals surface area contributed by atoms with Crippen LogP contribution in [0, 0.1) is 21.4 Å². The Morgan fingerprint density at radius 2 is 2.13 bits per heavy atom. The van der Waals surface area contributed by atoms with Crippen molar-refractivity contribution in [2.45, 2.75) is 19.9 Å². The van der Waals surface area contributed by atoms with Crippen molar-refractivity contribution in [3.8, 4) is 6.07 Å². The summed E-state index contributed by atoms with van der Waals surface area (Å²) in [6.07, 6.45) is 2.95. The highest BCUT2D eigenvalue weighted by Gasteiger charge is 2.27. The molecule has 1 aromatic carbocycles. The average Bonchev–Trinajstić information content (AvgIpc) is 3.08. The lowest BCUT2D eigenvalue weighted by Crippen LogP contribution is -2.35. The van der Waals surface area contributed by atoms with Gasteiger partial charge in [-0.1, -0.05) is 0 Å². The molecule has 2 amide bonds.